The van der Waals surface area contributed by atoms with Crippen molar-refractivity contribution in [3.8, 4) is 0 Å². The van der Waals surface area contributed by atoms with Gasteiger partial charge < -0.3 is 9.13 Å². The molecule has 0 N–H and O–H groups in total. The van der Waals surface area contributed by atoms with Crippen LogP contribution in [0, 0.1) is 0 Å². The van der Waals surface area contributed by atoms with E-state index in [9.17, 15) is 19.2 Å². The fourth-order valence-electron chi connectivity index (χ4n) is 5.56. The standard InChI is InChI=1S/C28H20N2O4/c1-13-19(27(33)23-21(25(13)31)15-9-5-7-11-17(15)29(23)3)20-14(2)26(32)22-16-10-6-8-12-18(16)30(4)24(22)28(20)34/h5-12H,1-4H3. The van der Waals surface area contributed by atoms with Crippen LogP contribution in [0.25, 0.3) is 21.8 Å². The number of benzene rings is 2. The van der Waals surface area contributed by atoms with Crippen LogP contribution in [0.2, 0.25) is 0 Å². The summed E-state index contributed by atoms with van der Waals surface area (Å²) in [6.07, 6.45) is 0. The lowest BCUT2D eigenvalue weighted by molar-refractivity contribution is 0.0948. The predicted molar refractivity (Wildman–Crippen MR) is 129 cm³/mol. The first-order valence-corrected chi connectivity index (χ1v) is 11.0. The van der Waals surface area contributed by atoms with Crippen LogP contribution in [0.4, 0.5) is 0 Å². The first-order valence-electron chi connectivity index (χ1n) is 11.0. The second kappa shape index (κ2) is 6.60. The van der Waals surface area contributed by atoms with E-state index >= 15 is 0 Å². The van der Waals surface area contributed by atoms with Gasteiger partial charge in [0.25, 0.3) is 0 Å². The molecule has 2 aliphatic carbocycles. The molecule has 4 aromatic rings. The molecule has 2 aliphatic rings. The number of carbonyl (C=O) groups is 4. The summed E-state index contributed by atoms with van der Waals surface area (Å²) in [4.78, 5) is 54.9. The summed E-state index contributed by atoms with van der Waals surface area (Å²) >= 11 is 0. The first-order chi connectivity index (χ1) is 16.3. The van der Waals surface area contributed by atoms with Gasteiger partial charge in [-0.2, -0.15) is 0 Å². The van der Waals surface area contributed by atoms with Gasteiger partial charge in [0.05, 0.1) is 11.1 Å². The molecule has 0 radical (unpaired) electrons. The zero-order valence-corrected chi connectivity index (χ0v) is 19.1. The number of fused-ring (bicyclic) bond motifs is 6. The third kappa shape index (κ3) is 2.25. The number of aromatic nitrogens is 2. The fourth-order valence-corrected chi connectivity index (χ4v) is 5.56. The maximum absolute atomic E-state index is 13.9. The number of carbonyl (C=O) groups excluding carboxylic acids is 4. The Labute approximate surface area is 194 Å². The van der Waals surface area contributed by atoms with E-state index in [0.717, 1.165) is 11.0 Å². The minimum absolute atomic E-state index is 0.0233. The van der Waals surface area contributed by atoms with Gasteiger partial charge in [0.15, 0.2) is 11.6 Å². The highest BCUT2D eigenvalue weighted by Crippen LogP contribution is 2.41. The Bertz CT molecular complexity index is 1620. The number of nitrogens with zero attached hydrogens (tertiary/aromatic N) is 2. The molecule has 34 heavy (non-hydrogen) atoms. The van der Waals surface area contributed by atoms with Gasteiger partial charge >= 0.3 is 0 Å². The molecule has 166 valence electrons. The third-order valence-electron chi connectivity index (χ3n) is 7.23. The van der Waals surface area contributed by atoms with E-state index in [2.05, 4.69) is 0 Å². The average Bonchev–Trinajstić information content (AvgIpc) is 3.31. The van der Waals surface area contributed by atoms with E-state index in [1.54, 1.807) is 37.1 Å². The van der Waals surface area contributed by atoms with Crippen LogP contribution in [0.15, 0.2) is 70.8 Å². The van der Waals surface area contributed by atoms with Crippen molar-refractivity contribution in [2.24, 2.45) is 14.1 Å². The molecule has 0 amide bonds. The van der Waals surface area contributed by atoms with Crippen molar-refractivity contribution in [2.75, 3.05) is 0 Å². The van der Waals surface area contributed by atoms with Crippen LogP contribution >= 0.6 is 0 Å². The third-order valence-corrected chi connectivity index (χ3v) is 7.23. The summed E-state index contributed by atoms with van der Waals surface area (Å²) in [5.41, 5.74) is 3.13. The van der Waals surface area contributed by atoms with Crippen molar-refractivity contribution < 1.29 is 19.2 Å². The lowest BCUT2D eigenvalue weighted by Gasteiger charge is -2.24. The number of rotatable bonds is 1. The Hall–Kier alpha value is -4.32. The molecule has 6 heteroatoms. The van der Waals surface area contributed by atoms with E-state index in [4.69, 9.17) is 0 Å². The summed E-state index contributed by atoms with van der Waals surface area (Å²) < 4.78 is 3.40. The van der Waals surface area contributed by atoms with Crippen molar-refractivity contribution in [1.29, 1.82) is 0 Å². The maximum Gasteiger partial charge on any atom is 0.211 e. The zero-order chi connectivity index (χ0) is 24.0. The van der Waals surface area contributed by atoms with Crippen LogP contribution in [-0.2, 0) is 14.1 Å². The summed E-state index contributed by atoms with van der Waals surface area (Å²) in [5, 5.41) is 1.40. The lowest BCUT2D eigenvalue weighted by Crippen LogP contribution is -2.30. The quantitative estimate of drug-likeness (QED) is 0.421. The molecule has 0 saturated heterocycles. The lowest BCUT2D eigenvalue weighted by atomic mass is 9.77. The van der Waals surface area contributed by atoms with Gasteiger partial charge in [-0.05, 0) is 26.0 Å². The second-order valence-corrected chi connectivity index (χ2v) is 8.92. The number of para-hydroxylation sites is 2. The van der Waals surface area contributed by atoms with Gasteiger partial charge in [0.2, 0.25) is 11.6 Å². The minimum atomic E-state index is -0.413. The van der Waals surface area contributed by atoms with Gasteiger partial charge in [-0.15, -0.1) is 0 Å². The van der Waals surface area contributed by atoms with Crippen LogP contribution < -0.4 is 0 Å². The van der Waals surface area contributed by atoms with Crippen LogP contribution in [0.3, 0.4) is 0 Å². The maximum atomic E-state index is 13.9. The van der Waals surface area contributed by atoms with Crippen molar-refractivity contribution in [1.82, 2.24) is 9.13 Å². The Morgan fingerprint density at radius 3 is 1.26 bits per heavy atom. The number of hydrogen-bond acceptors (Lipinski definition) is 4. The SMILES string of the molecule is CC1=C(C2=C(C)C(=O)c3c(n(C)c4ccccc34)C2=O)C(=O)c2c(c3ccccc3n2C)C1=O. The highest BCUT2D eigenvalue weighted by Gasteiger charge is 2.43. The van der Waals surface area contributed by atoms with Crippen LogP contribution in [0.5, 0.6) is 0 Å². The van der Waals surface area contributed by atoms with Gasteiger partial charge in [0, 0.05) is 58.2 Å². The Morgan fingerprint density at radius 2 is 0.882 bits per heavy atom. The molecule has 2 aromatic heterocycles. The Kier molecular flexibility index (Phi) is 3.94. The molecule has 6 nitrogen and oxygen atoms in total. The van der Waals surface area contributed by atoms with Gasteiger partial charge in [-0.3, -0.25) is 19.2 Å². The van der Waals surface area contributed by atoms with Crippen LogP contribution in [-0.4, -0.2) is 32.3 Å². The number of aryl methyl sites for hydroxylation is 2. The largest absolute Gasteiger partial charge is 0.340 e. The molecular weight excluding hydrogens is 428 g/mol. The number of allylic oxidation sites excluding steroid dienone is 4. The molecular formula is C28H20N2O4. The van der Waals surface area contributed by atoms with Crippen molar-refractivity contribution in [2.45, 2.75) is 13.8 Å². The van der Waals surface area contributed by atoms with E-state index < -0.39 is 11.6 Å². The molecule has 2 aromatic carbocycles. The van der Waals surface area contributed by atoms with Crippen molar-refractivity contribution >= 4 is 44.9 Å². The van der Waals surface area contributed by atoms with Crippen molar-refractivity contribution in [3.05, 3.63) is 93.3 Å². The molecule has 0 bridgehead atoms. The Balaban J connectivity index is 1.63. The van der Waals surface area contributed by atoms with Crippen LogP contribution in [0.1, 0.15) is 55.5 Å². The Morgan fingerprint density at radius 1 is 0.529 bits per heavy atom. The summed E-state index contributed by atoms with van der Waals surface area (Å²) in [7, 11) is 3.48. The first kappa shape index (κ1) is 20.3. The van der Waals surface area contributed by atoms with E-state index in [0.29, 0.717) is 21.9 Å². The molecule has 0 spiro atoms. The molecule has 0 atom stereocenters. The number of hydrogen-bond donors (Lipinski definition) is 0. The fraction of sp³-hybridized carbons (Fsp3) is 0.143. The molecule has 0 saturated carbocycles. The molecule has 0 aliphatic heterocycles. The summed E-state index contributed by atoms with van der Waals surface area (Å²) in [6, 6.07) is 14.7. The van der Waals surface area contributed by atoms with Gasteiger partial charge in [0.1, 0.15) is 11.4 Å². The summed E-state index contributed by atoms with van der Waals surface area (Å²) in [6.45, 7) is 3.13. The van der Waals surface area contributed by atoms with E-state index in [1.807, 2.05) is 48.5 Å². The monoisotopic (exact) mass is 448 g/mol. The minimum Gasteiger partial charge on any atom is -0.340 e. The highest BCUT2D eigenvalue weighted by molar-refractivity contribution is 6.39. The topological polar surface area (TPSA) is 78.1 Å². The smallest absolute Gasteiger partial charge is 0.211 e. The van der Waals surface area contributed by atoms with Gasteiger partial charge in [-0.1, -0.05) is 36.4 Å². The average molecular weight is 448 g/mol. The number of Topliss-reactive ketones (excluding diaryl/α,β-unsaturated/α-hetero) is 4. The normalized spacial score (nSPS) is 16.2. The molecule has 0 fully saturated rings. The zero-order valence-electron chi connectivity index (χ0n) is 19.1. The van der Waals surface area contributed by atoms with E-state index in [-0.39, 0.29) is 45.2 Å². The van der Waals surface area contributed by atoms with E-state index in [1.165, 1.54) is 0 Å². The van der Waals surface area contributed by atoms with Gasteiger partial charge in [-0.25, -0.2) is 0 Å². The second-order valence-electron chi connectivity index (χ2n) is 8.92. The molecule has 2 heterocycles. The molecule has 0 unspecified atom stereocenters. The highest BCUT2D eigenvalue weighted by atomic mass is 16.2. The predicted octanol–water partition coefficient (Wildman–Crippen LogP) is 4.76. The summed E-state index contributed by atoms with van der Waals surface area (Å²) in [5.74, 6) is -1.43. The molecule has 6 rings (SSSR count). The van der Waals surface area contributed by atoms with Crippen molar-refractivity contribution in [3.63, 3.8) is 0 Å². The number of ketones is 4.